The van der Waals surface area contributed by atoms with Crippen LogP contribution in [0.25, 0.3) is 11.1 Å². The van der Waals surface area contributed by atoms with Gasteiger partial charge < -0.3 is 35.3 Å². The molecule has 0 fully saturated rings. The minimum Gasteiger partial charge on any atom is -0.488 e. The quantitative estimate of drug-likeness (QED) is 0.0492. The average Bonchev–Trinajstić information content (AvgIpc) is 3.32. The Labute approximate surface area is 396 Å². The lowest BCUT2D eigenvalue weighted by atomic mass is 9.92. The molecule has 14 heteroatoms. The number of nitrogens with zero attached hydrogens (tertiary/aromatic N) is 4. The van der Waals surface area contributed by atoms with Gasteiger partial charge in [-0.25, -0.2) is 0 Å². The first kappa shape index (κ1) is 48.8. The molecule has 0 spiro atoms. The van der Waals surface area contributed by atoms with E-state index in [1.54, 1.807) is 30.6 Å². The number of rotatable bonds is 24. The van der Waals surface area contributed by atoms with E-state index in [-0.39, 0.29) is 38.8 Å². The number of halogens is 2. The molecule has 4 aromatic carbocycles. The van der Waals surface area contributed by atoms with Crippen molar-refractivity contribution in [2.45, 2.75) is 86.0 Å². The van der Waals surface area contributed by atoms with Gasteiger partial charge in [-0.05, 0) is 97.4 Å². The third kappa shape index (κ3) is 13.7. The number of unbranched alkanes of at least 4 members (excludes halogenated alkanes) is 1. The van der Waals surface area contributed by atoms with Crippen LogP contribution in [0.3, 0.4) is 0 Å². The summed E-state index contributed by atoms with van der Waals surface area (Å²) in [7, 11) is 0. The number of carbonyl (C=O) groups is 1. The van der Waals surface area contributed by atoms with Gasteiger partial charge in [0.25, 0.3) is 0 Å². The second-order valence-electron chi connectivity index (χ2n) is 15.8. The van der Waals surface area contributed by atoms with Crippen LogP contribution in [0.1, 0.15) is 88.2 Å². The molecule has 12 nitrogen and oxygen atoms in total. The number of pyridine rings is 2. The fraction of sp³-hybridized carbons (Fsp3) is 0.288. The van der Waals surface area contributed by atoms with Crippen molar-refractivity contribution in [3.8, 4) is 46.3 Å². The van der Waals surface area contributed by atoms with E-state index in [4.69, 9.17) is 47.9 Å². The third-order valence-electron chi connectivity index (χ3n) is 10.9. The van der Waals surface area contributed by atoms with Gasteiger partial charge in [0, 0.05) is 78.7 Å². The van der Waals surface area contributed by atoms with Crippen LogP contribution < -0.4 is 35.3 Å². The normalized spacial score (nSPS) is 10.8. The van der Waals surface area contributed by atoms with Gasteiger partial charge in [-0.1, -0.05) is 72.9 Å². The minimum atomic E-state index is -0.347. The molecular weight excluding hydrogens is 874 g/mol. The van der Waals surface area contributed by atoms with E-state index in [0.29, 0.717) is 70.2 Å². The first-order valence-electron chi connectivity index (χ1n) is 21.8. The molecule has 2 heterocycles. The molecule has 0 aliphatic heterocycles. The molecule has 0 aliphatic carbocycles. The van der Waals surface area contributed by atoms with Crippen LogP contribution in [-0.2, 0) is 44.3 Å². The van der Waals surface area contributed by atoms with Crippen LogP contribution in [0.5, 0.6) is 23.0 Å². The predicted molar refractivity (Wildman–Crippen MR) is 256 cm³/mol. The number of benzene rings is 4. The van der Waals surface area contributed by atoms with Crippen molar-refractivity contribution in [2.75, 3.05) is 13.1 Å². The van der Waals surface area contributed by atoms with Gasteiger partial charge in [0.05, 0.1) is 21.2 Å². The minimum absolute atomic E-state index is 0.174. The van der Waals surface area contributed by atoms with Gasteiger partial charge in [-0.3, -0.25) is 14.8 Å². The van der Waals surface area contributed by atoms with E-state index >= 15 is 0 Å². The zero-order valence-corrected chi connectivity index (χ0v) is 38.9. The summed E-state index contributed by atoms with van der Waals surface area (Å²) >= 11 is 13.7. The Morgan fingerprint density at radius 2 is 1.08 bits per heavy atom. The highest BCUT2D eigenvalue weighted by Crippen LogP contribution is 2.37. The Bertz CT molecular complexity index is 2720. The number of carbonyl (C=O) groups excluding carboxylic acids is 1. The SMILES string of the molecule is CCCCNCc1cc(Cl)c(OCc2cccc(-c3cccc(COc4cc(OCc5cncc(C#N)c5)c(CNCCCC(N)=O)cc4Cl)c3C)c2C)cc1OCc1cncc(C#N)c1. The average molecular weight is 927 g/mol. The van der Waals surface area contributed by atoms with Crippen molar-refractivity contribution >= 4 is 29.1 Å². The molecule has 340 valence electrons. The Balaban J connectivity index is 1.17. The number of primary amides is 1. The van der Waals surface area contributed by atoms with Crippen LogP contribution >= 0.6 is 23.2 Å². The lowest BCUT2D eigenvalue weighted by Crippen LogP contribution is -2.18. The van der Waals surface area contributed by atoms with E-state index in [9.17, 15) is 15.3 Å². The maximum atomic E-state index is 11.2. The molecule has 0 atom stereocenters. The number of nitrogens with one attached hydrogen (secondary N) is 2. The van der Waals surface area contributed by atoms with Crippen LogP contribution in [0.4, 0.5) is 0 Å². The molecule has 0 unspecified atom stereocenters. The Kier molecular flexibility index (Phi) is 18.2. The molecule has 0 aliphatic rings. The molecule has 0 saturated heterocycles. The molecule has 1 amide bonds. The number of nitriles is 2. The highest BCUT2D eigenvalue weighted by atomic mass is 35.5. The number of ether oxygens (including phenoxy) is 4. The van der Waals surface area contributed by atoms with Crippen LogP contribution in [-0.4, -0.2) is 29.0 Å². The summed E-state index contributed by atoms with van der Waals surface area (Å²) in [5.41, 5.74) is 15.6. The number of nitrogens with two attached hydrogens (primary N) is 1. The third-order valence-corrected chi connectivity index (χ3v) is 11.5. The van der Waals surface area contributed by atoms with Crippen molar-refractivity contribution in [1.29, 1.82) is 10.5 Å². The van der Waals surface area contributed by atoms with Gasteiger partial charge in [0.2, 0.25) is 5.91 Å². The van der Waals surface area contributed by atoms with Crippen molar-refractivity contribution in [3.05, 3.63) is 163 Å². The summed E-state index contributed by atoms with van der Waals surface area (Å²) in [4.78, 5) is 19.5. The maximum absolute atomic E-state index is 11.2. The molecule has 0 saturated carbocycles. The molecule has 0 bridgehead atoms. The summed E-state index contributed by atoms with van der Waals surface area (Å²) in [6.45, 7) is 9.68. The van der Waals surface area contributed by atoms with Gasteiger partial charge in [0.15, 0.2) is 0 Å². The van der Waals surface area contributed by atoms with E-state index in [1.165, 1.54) is 12.4 Å². The topological polar surface area (TPSA) is 177 Å². The largest absolute Gasteiger partial charge is 0.488 e. The van der Waals surface area contributed by atoms with E-state index in [2.05, 4.69) is 65.6 Å². The zero-order chi connectivity index (χ0) is 46.8. The molecule has 6 aromatic rings. The lowest BCUT2D eigenvalue weighted by molar-refractivity contribution is -0.118. The molecule has 2 aromatic heterocycles. The monoisotopic (exact) mass is 925 g/mol. The van der Waals surface area contributed by atoms with Gasteiger partial charge in [-0.2, -0.15) is 10.5 Å². The maximum Gasteiger partial charge on any atom is 0.217 e. The number of amides is 1. The van der Waals surface area contributed by atoms with E-state index in [1.807, 2.05) is 42.5 Å². The molecule has 4 N–H and O–H groups in total. The van der Waals surface area contributed by atoms with Crippen LogP contribution in [0.2, 0.25) is 10.0 Å². The highest BCUT2D eigenvalue weighted by molar-refractivity contribution is 6.32. The first-order chi connectivity index (χ1) is 32.1. The number of hydrogen-bond donors (Lipinski definition) is 3. The lowest BCUT2D eigenvalue weighted by Gasteiger charge is -2.19. The predicted octanol–water partition coefficient (Wildman–Crippen LogP) is 10.4. The van der Waals surface area contributed by atoms with Crippen molar-refractivity contribution in [2.24, 2.45) is 5.73 Å². The fourth-order valence-electron chi connectivity index (χ4n) is 7.21. The van der Waals surface area contributed by atoms with Crippen molar-refractivity contribution in [1.82, 2.24) is 20.6 Å². The summed E-state index contributed by atoms with van der Waals surface area (Å²) in [5, 5.41) is 26.4. The van der Waals surface area contributed by atoms with Gasteiger partial charge in [-0.15, -0.1) is 0 Å². The molecular formula is C52H53Cl2N7O5. The Morgan fingerprint density at radius 1 is 0.621 bits per heavy atom. The molecule has 6 rings (SSSR count). The van der Waals surface area contributed by atoms with Crippen molar-refractivity contribution < 1.29 is 23.7 Å². The van der Waals surface area contributed by atoms with Crippen LogP contribution in [0, 0.1) is 36.5 Å². The number of hydrogen-bond acceptors (Lipinski definition) is 11. The second-order valence-corrected chi connectivity index (χ2v) is 16.6. The second kappa shape index (κ2) is 24.6. The smallest absolute Gasteiger partial charge is 0.217 e. The van der Waals surface area contributed by atoms with E-state index < -0.39 is 0 Å². The van der Waals surface area contributed by atoms with Crippen LogP contribution in [0.15, 0.2) is 97.6 Å². The summed E-state index contributed by atoms with van der Waals surface area (Å²) < 4.78 is 25.4. The number of aromatic nitrogens is 2. The highest BCUT2D eigenvalue weighted by Gasteiger charge is 2.17. The Hall–Kier alpha value is -6.67. The zero-order valence-electron chi connectivity index (χ0n) is 37.4. The summed E-state index contributed by atoms with van der Waals surface area (Å²) in [6.07, 6.45) is 9.39. The standard InChI is InChI=1S/C52H53Cl2N7O5/c1-4-5-14-58-28-42-18-46(53)50(20-48(42)63-30-38-16-36(22-55)24-60-26-38)65-32-40-9-6-11-44(34(40)2)45-12-7-10-41(35(45)3)33-66-51-21-49(64-31-39-17-37(23-56)25-61-27-39)43(19-47(51)54)29-59-15-8-13-52(57)62/h6-7,9-12,16-21,24-27,58-59H,4-5,8,13-15,28-33H2,1-3H3,(H2,57,62). The summed E-state index contributed by atoms with van der Waals surface area (Å²) in [6, 6.07) is 27.4. The summed E-state index contributed by atoms with van der Waals surface area (Å²) in [5.74, 6) is 1.79. The van der Waals surface area contributed by atoms with Gasteiger partial charge >= 0.3 is 0 Å². The van der Waals surface area contributed by atoms with E-state index in [0.717, 1.165) is 75.0 Å². The molecule has 0 radical (unpaired) electrons. The molecule has 66 heavy (non-hydrogen) atoms. The Morgan fingerprint density at radius 3 is 1.52 bits per heavy atom. The van der Waals surface area contributed by atoms with Gasteiger partial charge in [0.1, 0.15) is 61.6 Å². The van der Waals surface area contributed by atoms with Crippen molar-refractivity contribution in [3.63, 3.8) is 0 Å². The fourth-order valence-corrected chi connectivity index (χ4v) is 7.69. The first-order valence-corrected chi connectivity index (χ1v) is 22.5.